The number of benzene rings is 4. The summed E-state index contributed by atoms with van der Waals surface area (Å²) in [6.45, 7) is -4.08. The van der Waals surface area contributed by atoms with Crippen molar-refractivity contribution in [3.63, 3.8) is 0 Å². The Bertz CT molecular complexity index is 5400. The van der Waals surface area contributed by atoms with Crippen molar-refractivity contribution in [3.05, 3.63) is 208 Å². The first-order valence-corrected chi connectivity index (χ1v) is 35.1. The number of ether oxygens (including phenoxy) is 5. The number of nitrogens with two attached hydrogens (primary N) is 1. The van der Waals surface area contributed by atoms with Gasteiger partial charge in [0.15, 0.2) is 17.1 Å². The Labute approximate surface area is 695 Å². The first-order chi connectivity index (χ1) is 59.4. The Morgan fingerprint density at radius 2 is 0.823 bits per heavy atom. The van der Waals surface area contributed by atoms with E-state index in [1.54, 1.807) is 24.3 Å². The zero-order valence-electron chi connectivity index (χ0n) is 65.8. The molecule has 4 aliphatic rings. The standard InChI is InChI=1S/C27H23N7O12.C20H20N6O8.C14H17N5O5.C10H8N2O6.CH3F/c1-31-18(11-29-26(31)34(42)43)15-44-21-7-2-16(14-45-27(39)46-19-5-3-17(4-6-19)33(40)41)10-20(21)30-22(35)12-28-23(36)13-32-24(37)8-9-25(32)38;1-24-13(7-22-20(24)26(32)33)11-34-15-3-2-12(10-27)6-14(15)23-16(28)8-21-17(29)9-25-18(30)4-5-19(25)31;1-18-10(6-16-14(18)19(22)23)8-24-12-3-2-9(7-20)4-11(12)17-13(21)5-15;13-6-1-2-7(14)11(6)5-10(17)18-12-8(15)3-4-9(12)16;1-2/h2-11H,12-15H2,1H3,(H,28,36)(H,30,35);2-7,27H,8-11H2,1H3,(H,21,29)(H,23,28);2-4,6,20H,5,7-8,15H2,1H3,(H,17,21);1-2H,3-5H2;1H3/i;;;;1D. The summed E-state index contributed by atoms with van der Waals surface area (Å²) in [6, 6.07) is 18.4. The first-order valence-electron chi connectivity index (χ1n) is 35.9. The molecule has 0 atom stereocenters. The van der Waals surface area contributed by atoms with Crippen LogP contribution in [0.3, 0.4) is 0 Å². The lowest BCUT2D eigenvalue weighted by molar-refractivity contribution is -0.396. The number of imide groups is 4. The van der Waals surface area contributed by atoms with Gasteiger partial charge in [0.1, 0.15) is 87.7 Å². The lowest BCUT2D eigenvalue weighted by Gasteiger charge is -2.16. The highest BCUT2D eigenvalue weighted by Crippen LogP contribution is 2.31. The van der Waals surface area contributed by atoms with Gasteiger partial charge in [0.2, 0.25) is 29.5 Å². The number of hydrogen-bond acceptors (Lipinski definition) is 35. The number of halogens is 1. The van der Waals surface area contributed by atoms with E-state index < -0.39 is 154 Å². The Balaban J connectivity index is 0.000000239. The van der Waals surface area contributed by atoms with E-state index in [1.807, 2.05) is 0 Å². The summed E-state index contributed by atoms with van der Waals surface area (Å²) < 4.78 is 46.4. The second-order valence-electron chi connectivity index (χ2n) is 24.9. The molecule has 13 amide bonds. The summed E-state index contributed by atoms with van der Waals surface area (Å²) in [6.07, 6.45) is 8.87. The molecule has 0 unspecified atom stereocenters. The van der Waals surface area contributed by atoms with Crippen molar-refractivity contribution in [1.82, 2.24) is 59.0 Å². The number of nitrogens with one attached hydrogen (secondary N) is 5. The average molecular weight is 1730 g/mol. The Morgan fingerprint density at radius 1 is 0.484 bits per heavy atom. The van der Waals surface area contributed by atoms with Gasteiger partial charge in [-0.05, 0) is 80.0 Å². The number of aliphatic hydroxyl groups excluding tert-OH is 2. The highest BCUT2D eigenvalue weighted by Gasteiger charge is 2.36. The van der Waals surface area contributed by atoms with E-state index in [-0.39, 0.29) is 105 Å². The summed E-state index contributed by atoms with van der Waals surface area (Å²) in [5.74, 6) is -9.79. The number of nitro groups is 4. The van der Waals surface area contributed by atoms with Gasteiger partial charge in [0.05, 0.1) is 84.5 Å². The monoisotopic (exact) mass is 1730 g/mol. The largest absolute Gasteiger partial charge is 0.514 e. The maximum Gasteiger partial charge on any atom is 0.514 e. The molecule has 1 fully saturated rings. The minimum atomic E-state index is -1.12. The van der Waals surface area contributed by atoms with Crippen molar-refractivity contribution < 1.29 is 136 Å². The molecule has 7 aromatic rings. The number of carbonyl (C=O) groups is 15. The summed E-state index contributed by atoms with van der Waals surface area (Å²) in [4.78, 5) is 234. The highest BCUT2D eigenvalue weighted by atomic mass is 19.1. The van der Waals surface area contributed by atoms with Crippen LogP contribution < -0.4 is 51.3 Å². The zero-order chi connectivity index (χ0) is 91.9. The smallest absolute Gasteiger partial charge is 0.484 e. The number of aromatic nitrogens is 6. The quantitative estimate of drug-likeness (QED) is 0.00901. The van der Waals surface area contributed by atoms with E-state index in [0.29, 0.717) is 60.1 Å². The van der Waals surface area contributed by atoms with Crippen LogP contribution >= 0.6 is 0 Å². The fraction of sp³-hybridized carbons (Fsp3) is 0.250. The second kappa shape index (κ2) is 44.7. The minimum absolute atomic E-state index is 0.000486. The summed E-state index contributed by atoms with van der Waals surface area (Å²) >= 11 is 0. The Hall–Kier alpha value is -16.8. The number of rotatable bonds is 33. The predicted octanol–water partition coefficient (Wildman–Crippen LogP) is 0.291. The maximum atomic E-state index is 12.7. The SMILES string of the molecule is Cn1c(COc2ccc(CO)cc2NC(=O)CN)cnc1[N+](=O)[O-].Cn1c(COc2ccc(CO)cc2NC(=O)CNC(=O)CN2C(=O)C=CC2=O)cnc1[N+](=O)[O-].Cn1c(COc2ccc(COC(=O)Oc3ccc([N+](=O)[O-])cc3)cc2NC(=O)CNC(=O)CN2C(=O)C=CC2=O)cnc1[N+](=O)[O-].O=C(CN1C(=O)C=CC1=O)ON1C(=O)CCC1=O.[2H]CF. The van der Waals surface area contributed by atoms with Gasteiger partial charge in [-0.3, -0.25) is 91.5 Å². The fourth-order valence-corrected chi connectivity index (χ4v) is 10.3. The molecule has 0 bridgehead atoms. The normalized spacial score (nSPS) is 12.9. The number of nitro benzene ring substituents is 1. The third-order valence-corrected chi connectivity index (χ3v) is 16.6. The molecule has 0 spiro atoms. The van der Waals surface area contributed by atoms with Crippen LogP contribution in [0, 0.1) is 40.5 Å². The molecule has 51 nitrogen and oxygen atoms in total. The van der Waals surface area contributed by atoms with Crippen molar-refractivity contribution in [1.29, 1.82) is 0 Å². The third kappa shape index (κ3) is 26.6. The van der Waals surface area contributed by atoms with Crippen LogP contribution in [0.15, 0.2) is 134 Å². The van der Waals surface area contributed by atoms with Gasteiger partial charge in [0.25, 0.3) is 52.9 Å². The molecule has 4 aliphatic heterocycles. The number of non-ortho nitro benzene ring substituents is 1. The lowest BCUT2D eigenvalue weighted by atomic mass is 10.2. The van der Waals surface area contributed by atoms with Crippen LogP contribution in [0.25, 0.3) is 0 Å². The molecule has 0 radical (unpaired) electrons. The van der Waals surface area contributed by atoms with Gasteiger partial charge in [-0.1, -0.05) is 33.2 Å². The molecule has 0 aliphatic carbocycles. The number of hydrogen-bond donors (Lipinski definition) is 8. The topological polar surface area (TPSA) is 677 Å². The average Bonchev–Trinajstić information content (AvgIpc) is 1.81. The first kappa shape index (κ1) is 92.7. The second-order valence-corrected chi connectivity index (χ2v) is 24.9. The predicted molar refractivity (Wildman–Crippen MR) is 410 cm³/mol. The van der Waals surface area contributed by atoms with E-state index in [4.69, 9.17) is 30.8 Å². The maximum absolute atomic E-state index is 12.7. The van der Waals surface area contributed by atoms with Crippen LogP contribution in [0.2, 0.25) is 0 Å². The van der Waals surface area contributed by atoms with Gasteiger partial charge in [-0.25, -0.2) is 23.3 Å². The summed E-state index contributed by atoms with van der Waals surface area (Å²) in [5, 5.41) is 74.8. The highest BCUT2D eigenvalue weighted by molar-refractivity contribution is 6.16. The molecular formula is C72H71FN20O31. The molecule has 3 aromatic heterocycles. The van der Waals surface area contributed by atoms with Crippen LogP contribution in [0.4, 0.5) is 49.8 Å². The lowest BCUT2D eigenvalue weighted by Crippen LogP contribution is -2.42. The minimum Gasteiger partial charge on any atom is -0.484 e. The van der Waals surface area contributed by atoms with E-state index in [1.165, 1.54) is 95.9 Å². The van der Waals surface area contributed by atoms with Gasteiger partial charge < -0.3 is 101 Å². The summed E-state index contributed by atoms with van der Waals surface area (Å²) in [7, 11) is 3.39. The van der Waals surface area contributed by atoms with Gasteiger partial charge in [-0.2, -0.15) is 0 Å². The Morgan fingerprint density at radius 3 is 1.15 bits per heavy atom. The number of anilines is 3. The molecule has 11 rings (SSSR count). The third-order valence-electron chi connectivity index (χ3n) is 16.6. The fourth-order valence-electron chi connectivity index (χ4n) is 10.3. The number of hydroxylamine groups is 2. The van der Waals surface area contributed by atoms with Crippen LogP contribution in [0.1, 0.15) is 48.0 Å². The van der Waals surface area contributed by atoms with E-state index >= 15 is 0 Å². The molecule has 652 valence electrons. The number of alkyl halides is 1. The van der Waals surface area contributed by atoms with Crippen molar-refractivity contribution in [2.45, 2.75) is 52.5 Å². The molecule has 4 aromatic carbocycles. The van der Waals surface area contributed by atoms with E-state index in [2.05, 4.69) is 46.4 Å². The van der Waals surface area contributed by atoms with Gasteiger partial charge in [-0.15, -0.1) is 5.06 Å². The number of nitrogens with zero attached hydrogens (tertiary/aromatic N) is 14. The number of aliphatic hydroxyl groups is 2. The Kier molecular flexibility index (Phi) is 33.4. The summed E-state index contributed by atoms with van der Waals surface area (Å²) in [5.41, 5.74) is 8.33. The van der Waals surface area contributed by atoms with Crippen LogP contribution in [0.5, 0.6) is 23.0 Å². The molecule has 0 saturated carbocycles. The van der Waals surface area contributed by atoms with Gasteiger partial charge in [0, 0.05) is 61.4 Å². The molecular weight excluding hydrogens is 1660 g/mol. The number of amides is 13. The molecule has 124 heavy (non-hydrogen) atoms. The van der Waals surface area contributed by atoms with Gasteiger partial charge >= 0.3 is 30.0 Å². The molecule has 1 saturated heterocycles. The molecule has 52 heteroatoms. The van der Waals surface area contributed by atoms with Crippen molar-refractivity contribution >= 4 is 130 Å². The van der Waals surface area contributed by atoms with Crippen molar-refractivity contribution in [2.75, 3.05) is 62.4 Å². The van der Waals surface area contributed by atoms with Crippen molar-refractivity contribution in [3.8, 4) is 23.0 Å². The van der Waals surface area contributed by atoms with E-state index in [9.17, 15) is 127 Å². The van der Waals surface area contributed by atoms with Crippen LogP contribution in [-0.4, -0.2) is 214 Å². The number of imidazole rings is 3. The van der Waals surface area contributed by atoms with E-state index in [0.717, 1.165) is 53.5 Å². The zero-order valence-corrected chi connectivity index (χ0v) is 64.8. The van der Waals surface area contributed by atoms with Crippen LogP contribution in [-0.2, 0) is 137 Å². The molecule has 7 heterocycles. The molecule has 9 N–H and O–H groups in total. The number of carbonyl (C=O) groups excluding carboxylic acids is 15. The van der Waals surface area contributed by atoms with Crippen molar-refractivity contribution in [2.24, 2.45) is 26.9 Å².